The van der Waals surface area contributed by atoms with Crippen molar-refractivity contribution in [3.63, 3.8) is 0 Å². The fraction of sp³-hybridized carbons (Fsp3) is 0.455. The van der Waals surface area contributed by atoms with Crippen LogP contribution in [0, 0.1) is 10.1 Å². The molecule has 0 amide bonds. The molecule has 8 heteroatoms. The van der Waals surface area contributed by atoms with Gasteiger partial charge in [-0.1, -0.05) is 48.7 Å². The van der Waals surface area contributed by atoms with Crippen LogP contribution in [0.1, 0.15) is 19.4 Å². The maximum atomic E-state index is 10.8. The van der Waals surface area contributed by atoms with Crippen molar-refractivity contribution >= 4 is 52.4 Å². The third-order valence-electron chi connectivity index (χ3n) is 2.41. The van der Waals surface area contributed by atoms with Gasteiger partial charge in [0.2, 0.25) is 3.79 Å². The minimum Gasteiger partial charge on any atom is -0.258 e. The van der Waals surface area contributed by atoms with Crippen molar-refractivity contribution in [1.82, 2.24) is 4.31 Å². The highest BCUT2D eigenvalue weighted by Gasteiger charge is 2.29. The highest BCUT2D eigenvalue weighted by Crippen LogP contribution is 2.44. The van der Waals surface area contributed by atoms with Crippen LogP contribution in [0.2, 0.25) is 0 Å². The second kappa shape index (κ2) is 6.99. The van der Waals surface area contributed by atoms with Crippen LogP contribution >= 0.6 is 46.8 Å². The molecule has 1 aromatic carbocycles. The summed E-state index contributed by atoms with van der Waals surface area (Å²) in [4.78, 5) is 11.0. The Morgan fingerprint density at radius 2 is 1.89 bits per heavy atom. The molecule has 0 unspecified atom stereocenters. The average molecular weight is 344 g/mol. The first kappa shape index (κ1) is 16.9. The van der Waals surface area contributed by atoms with Crippen molar-refractivity contribution in [2.24, 2.45) is 0 Å². The number of nitro benzene ring substituents is 1. The maximum absolute atomic E-state index is 10.8. The summed E-state index contributed by atoms with van der Waals surface area (Å²) in [5.41, 5.74) is 0.230. The second-order valence-corrected chi connectivity index (χ2v) is 7.06. The lowest BCUT2D eigenvalue weighted by Gasteiger charge is -2.21. The number of benzene rings is 1. The summed E-state index contributed by atoms with van der Waals surface area (Å²) >= 11 is 19.1. The summed E-state index contributed by atoms with van der Waals surface area (Å²) in [6, 6.07) is 4.32. The molecule has 0 saturated heterocycles. The van der Waals surface area contributed by atoms with Gasteiger partial charge in [-0.25, -0.2) is 4.31 Å². The molecular weight excluding hydrogens is 331 g/mol. The van der Waals surface area contributed by atoms with Gasteiger partial charge in [0.05, 0.1) is 4.92 Å². The van der Waals surface area contributed by atoms with Crippen LogP contribution in [-0.2, 0) is 3.79 Å². The van der Waals surface area contributed by atoms with Crippen molar-refractivity contribution in [3.05, 3.63) is 33.9 Å². The summed E-state index contributed by atoms with van der Waals surface area (Å²) in [5, 5.41) is 10.8. The lowest BCUT2D eigenvalue weighted by molar-refractivity contribution is -0.385. The minimum absolute atomic E-state index is 0.0924. The highest BCUT2D eigenvalue weighted by molar-refractivity contribution is 7.97. The molecule has 0 aliphatic heterocycles. The molecule has 0 aromatic heterocycles. The Kier molecular flexibility index (Phi) is 6.20. The molecule has 106 valence electrons. The summed E-state index contributed by atoms with van der Waals surface area (Å²) in [6.07, 6.45) is 0. The first-order valence-electron chi connectivity index (χ1n) is 5.58. The van der Waals surface area contributed by atoms with Crippen molar-refractivity contribution in [1.29, 1.82) is 0 Å². The molecule has 1 rings (SSSR count). The molecule has 0 saturated carbocycles. The normalized spacial score (nSPS) is 11.9. The minimum atomic E-state index is -1.69. The fourth-order valence-electron chi connectivity index (χ4n) is 1.42. The van der Waals surface area contributed by atoms with Crippen LogP contribution in [0.25, 0.3) is 0 Å². The van der Waals surface area contributed by atoms with Gasteiger partial charge in [0.15, 0.2) is 0 Å². The molecule has 4 nitrogen and oxygen atoms in total. The topological polar surface area (TPSA) is 46.4 Å². The summed E-state index contributed by atoms with van der Waals surface area (Å²) in [7, 11) is 0. The van der Waals surface area contributed by atoms with Gasteiger partial charge in [-0.15, -0.1) is 0 Å². The van der Waals surface area contributed by atoms with E-state index in [1.807, 2.05) is 13.8 Å². The quantitative estimate of drug-likeness (QED) is 0.334. The van der Waals surface area contributed by atoms with Crippen LogP contribution < -0.4 is 0 Å². The Labute approximate surface area is 131 Å². The number of hydrogen-bond acceptors (Lipinski definition) is 4. The van der Waals surface area contributed by atoms with Gasteiger partial charge in [0, 0.05) is 35.7 Å². The number of non-ortho nitro benzene ring substituents is 1. The summed E-state index contributed by atoms with van der Waals surface area (Å²) < 4.78 is 0.364. The smallest absolute Gasteiger partial charge is 0.258 e. The van der Waals surface area contributed by atoms with Crippen LogP contribution in [0.3, 0.4) is 0 Å². The van der Waals surface area contributed by atoms with E-state index < -0.39 is 8.72 Å². The number of alkyl halides is 3. The van der Waals surface area contributed by atoms with Crippen molar-refractivity contribution in [2.75, 3.05) is 13.1 Å². The van der Waals surface area contributed by atoms with Crippen molar-refractivity contribution < 1.29 is 4.92 Å². The lowest BCUT2D eigenvalue weighted by Crippen LogP contribution is -2.15. The van der Waals surface area contributed by atoms with Crippen LogP contribution in [0.15, 0.2) is 23.1 Å². The zero-order valence-electron chi connectivity index (χ0n) is 10.4. The van der Waals surface area contributed by atoms with E-state index in [1.165, 1.54) is 24.1 Å². The Hall–Kier alpha value is -0.200. The lowest BCUT2D eigenvalue weighted by atomic mass is 10.2. The van der Waals surface area contributed by atoms with E-state index in [4.69, 9.17) is 34.8 Å². The first-order valence-corrected chi connectivity index (χ1v) is 7.48. The molecule has 0 atom stereocenters. The molecule has 0 aliphatic rings. The molecule has 0 spiro atoms. The number of hydrogen-bond donors (Lipinski definition) is 0. The van der Waals surface area contributed by atoms with Gasteiger partial charge in [-0.05, 0) is 18.0 Å². The SMILES string of the molecule is CCN(CC)Sc1ccc([N+](=O)[O-])cc1C(Cl)(Cl)Cl. The standard InChI is InChI=1S/C11H13Cl3N2O2S/c1-3-15(4-2)19-10-6-5-8(16(17)18)7-9(10)11(12,13)14/h5-7H,3-4H2,1-2H3. The van der Waals surface area contributed by atoms with Gasteiger partial charge in [0.25, 0.3) is 5.69 Å². The van der Waals surface area contributed by atoms with E-state index in [1.54, 1.807) is 6.07 Å². The van der Waals surface area contributed by atoms with Gasteiger partial charge in [-0.3, -0.25) is 10.1 Å². The van der Waals surface area contributed by atoms with E-state index in [0.717, 1.165) is 13.1 Å². The zero-order chi connectivity index (χ0) is 14.6. The zero-order valence-corrected chi connectivity index (χ0v) is 13.5. The summed E-state index contributed by atoms with van der Waals surface area (Å²) in [6.45, 7) is 5.66. The highest BCUT2D eigenvalue weighted by atomic mass is 35.6. The monoisotopic (exact) mass is 342 g/mol. The molecule has 0 N–H and O–H groups in total. The Morgan fingerprint density at radius 3 is 2.32 bits per heavy atom. The van der Waals surface area contributed by atoms with Gasteiger partial charge < -0.3 is 0 Å². The first-order chi connectivity index (χ1) is 8.79. The molecule has 0 radical (unpaired) electrons. The molecule has 0 fully saturated rings. The van der Waals surface area contributed by atoms with Gasteiger partial charge >= 0.3 is 0 Å². The Bertz CT molecular complexity index is 462. The molecule has 0 heterocycles. The number of nitrogens with zero attached hydrogens (tertiary/aromatic N) is 2. The van der Waals surface area contributed by atoms with Crippen LogP contribution in [0.5, 0.6) is 0 Å². The average Bonchev–Trinajstić information content (AvgIpc) is 2.34. The fourth-order valence-corrected chi connectivity index (χ4v) is 3.04. The predicted octanol–water partition coefficient (Wildman–Crippen LogP) is 4.77. The van der Waals surface area contributed by atoms with E-state index >= 15 is 0 Å². The third-order valence-corrected chi connectivity index (χ3v) is 4.35. The molecule has 0 bridgehead atoms. The van der Waals surface area contributed by atoms with E-state index in [0.29, 0.717) is 10.5 Å². The van der Waals surface area contributed by atoms with E-state index in [2.05, 4.69) is 4.31 Å². The largest absolute Gasteiger partial charge is 0.269 e. The number of halogens is 3. The van der Waals surface area contributed by atoms with Crippen molar-refractivity contribution in [3.8, 4) is 0 Å². The molecule has 19 heavy (non-hydrogen) atoms. The molecular formula is C11H13Cl3N2O2S. The van der Waals surface area contributed by atoms with E-state index in [9.17, 15) is 10.1 Å². The Morgan fingerprint density at radius 1 is 1.32 bits per heavy atom. The third kappa shape index (κ3) is 4.68. The summed E-state index contributed by atoms with van der Waals surface area (Å²) in [5.74, 6) is 0. The van der Waals surface area contributed by atoms with E-state index in [-0.39, 0.29) is 5.69 Å². The Balaban J connectivity index is 3.20. The van der Waals surface area contributed by atoms with Crippen LogP contribution in [0.4, 0.5) is 5.69 Å². The molecule has 0 aliphatic carbocycles. The van der Waals surface area contributed by atoms with Gasteiger partial charge in [0.1, 0.15) is 0 Å². The number of rotatable bonds is 5. The van der Waals surface area contributed by atoms with Gasteiger partial charge in [-0.2, -0.15) is 0 Å². The predicted molar refractivity (Wildman–Crippen MR) is 81.1 cm³/mol. The number of nitro groups is 1. The van der Waals surface area contributed by atoms with Crippen molar-refractivity contribution in [2.45, 2.75) is 22.5 Å². The molecule has 1 aromatic rings. The second-order valence-electron chi connectivity index (χ2n) is 3.64. The van der Waals surface area contributed by atoms with Crippen LogP contribution in [-0.4, -0.2) is 22.3 Å². The maximum Gasteiger partial charge on any atom is 0.269 e.